The van der Waals surface area contributed by atoms with Crippen LogP contribution in [0.2, 0.25) is 0 Å². The van der Waals surface area contributed by atoms with E-state index in [2.05, 4.69) is 37.9 Å². The van der Waals surface area contributed by atoms with Crippen molar-refractivity contribution >= 4 is 5.97 Å². The predicted molar refractivity (Wildman–Crippen MR) is 87.3 cm³/mol. The largest absolute Gasteiger partial charge is 0.468 e. The van der Waals surface area contributed by atoms with Crippen LogP contribution in [0.3, 0.4) is 0 Å². The van der Waals surface area contributed by atoms with Gasteiger partial charge in [0.25, 0.3) is 0 Å². The minimum Gasteiger partial charge on any atom is -0.468 e. The second kappa shape index (κ2) is 8.14. The maximum absolute atomic E-state index is 12.2. The highest BCUT2D eigenvalue weighted by Crippen LogP contribution is 2.26. The quantitative estimate of drug-likeness (QED) is 0.734. The number of carbonyl (C=O) groups is 1. The first kappa shape index (κ1) is 18.4. The predicted octanol–water partition coefficient (Wildman–Crippen LogP) is 2.67. The summed E-state index contributed by atoms with van der Waals surface area (Å²) in [5, 5.41) is 3.39. The zero-order valence-corrected chi connectivity index (χ0v) is 14.7. The van der Waals surface area contributed by atoms with Crippen LogP contribution in [0.15, 0.2) is 0 Å². The molecular weight excluding hydrogens is 264 g/mol. The van der Waals surface area contributed by atoms with Crippen molar-refractivity contribution in [2.45, 2.75) is 65.5 Å². The molecule has 0 amide bonds. The summed E-state index contributed by atoms with van der Waals surface area (Å²) in [6, 6.07) is 0.378. The molecule has 0 bridgehead atoms. The van der Waals surface area contributed by atoms with Crippen molar-refractivity contribution in [2.75, 3.05) is 26.7 Å². The Bertz CT molecular complexity index is 325. The molecule has 0 aromatic rings. The summed E-state index contributed by atoms with van der Waals surface area (Å²) in [6.07, 6.45) is 3.11. The van der Waals surface area contributed by atoms with Gasteiger partial charge in [0.1, 0.15) is 5.54 Å². The molecule has 124 valence electrons. The Balaban J connectivity index is 2.70. The van der Waals surface area contributed by atoms with Crippen LogP contribution in [-0.4, -0.2) is 49.2 Å². The molecule has 1 heterocycles. The van der Waals surface area contributed by atoms with Crippen LogP contribution in [-0.2, 0) is 9.53 Å². The molecular formula is C17H34N2O2. The lowest BCUT2D eigenvalue weighted by molar-refractivity contribution is -0.149. The topological polar surface area (TPSA) is 41.6 Å². The van der Waals surface area contributed by atoms with Gasteiger partial charge in [-0.15, -0.1) is 0 Å². The molecule has 21 heavy (non-hydrogen) atoms. The molecule has 0 radical (unpaired) electrons. The number of hydrogen-bond acceptors (Lipinski definition) is 4. The second-order valence-electron chi connectivity index (χ2n) is 7.20. The number of carbonyl (C=O) groups excluding carboxylic acids is 1. The van der Waals surface area contributed by atoms with Crippen molar-refractivity contribution in [1.82, 2.24) is 10.2 Å². The van der Waals surface area contributed by atoms with Crippen molar-refractivity contribution in [3.63, 3.8) is 0 Å². The standard InChI is InChI=1S/C17H34N2O2/c1-7-8-18-17(5,16(20)21-6)10-15(4)19-11-13(2)9-14(3)12-19/h13-15,18H,7-12H2,1-6H3. The Morgan fingerprint density at radius 1 is 1.38 bits per heavy atom. The molecule has 0 spiro atoms. The van der Waals surface area contributed by atoms with E-state index in [-0.39, 0.29) is 5.97 Å². The average Bonchev–Trinajstić information content (AvgIpc) is 2.43. The van der Waals surface area contributed by atoms with Gasteiger partial charge in [0.2, 0.25) is 0 Å². The number of piperidine rings is 1. The number of esters is 1. The van der Waals surface area contributed by atoms with Crippen LogP contribution in [0, 0.1) is 11.8 Å². The minimum atomic E-state index is -0.589. The van der Waals surface area contributed by atoms with Crippen molar-refractivity contribution in [3.05, 3.63) is 0 Å². The van der Waals surface area contributed by atoms with Crippen LogP contribution < -0.4 is 5.32 Å². The van der Waals surface area contributed by atoms with E-state index in [1.807, 2.05) is 6.92 Å². The molecule has 4 atom stereocenters. The van der Waals surface area contributed by atoms with Crippen LogP contribution >= 0.6 is 0 Å². The summed E-state index contributed by atoms with van der Waals surface area (Å²) in [5.41, 5.74) is -0.589. The van der Waals surface area contributed by atoms with Gasteiger partial charge in [-0.25, -0.2) is 0 Å². The summed E-state index contributed by atoms with van der Waals surface area (Å²) in [7, 11) is 1.48. The molecule has 4 heteroatoms. The summed E-state index contributed by atoms with van der Waals surface area (Å²) in [5.74, 6) is 1.33. The summed E-state index contributed by atoms with van der Waals surface area (Å²) >= 11 is 0. The lowest BCUT2D eigenvalue weighted by atomic mass is 9.87. The number of methoxy groups -OCH3 is 1. The third-order valence-electron chi connectivity index (χ3n) is 4.63. The molecule has 1 saturated heterocycles. The highest BCUT2D eigenvalue weighted by atomic mass is 16.5. The first-order valence-electron chi connectivity index (χ1n) is 8.39. The van der Waals surface area contributed by atoms with Gasteiger partial charge in [-0.1, -0.05) is 20.8 Å². The fraction of sp³-hybridized carbons (Fsp3) is 0.941. The van der Waals surface area contributed by atoms with E-state index < -0.39 is 5.54 Å². The number of likely N-dealkylation sites (tertiary alicyclic amines) is 1. The SMILES string of the molecule is CCCNC(C)(CC(C)N1CC(C)CC(C)C1)C(=O)OC. The molecule has 1 aliphatic heterocycles. The average molecular weight is 298 g/mol. The van der Waals surface area contributed by atoms with Crippen LogP contribution in [0.1, 0.15) is 53.9 Å². The Hall–Kier alpha value is -0.610. The molecule has 0 aromatic carbocycles. The molecule has 1 fully saturated rings. The summed E-state index contributed by atoms with van der Waals surface area (Å²) in [6.45, 7) is 14.1. The first-order chi connectivity index (χ1) is 9.82. The highest BCUT2D eigenvalue weighted by molar-refractivity contribution is 5.80. The molecule has 4 nitrogen and oxygen atoms in total. The second-order valence-corrected chi connectivity index (χ2v) is 7.20. The van der Waals surface area contributed by atoms with Crippen molar-refractivity contribution < 1.29 is 9.53 Å². The Morgan fingerprint density at radius 2 is 1.95 bits per heavy atom. The van der Waals surface area contributed by atoms with Gasteiger partial charge in [0.05, 0.1) is 7.11 Å². The number of rotatable bonds is 7. The molecule has 1 N–H and O–H groups in total. The maximum Gasteiger partial charge on any atom is 0.325 e. The van der Waals surface area contributed by atoms with E-state index >= 15 is 0 Å². The lowest BCUT2D eigenvalue weighted by Crippen LogP contribution is -2.55. The molecule has 0 aliphatic carbocycles. The summed E-state index contributed by atoms with van der Waals surface area (Å²) < 4.78 is 5.02. The zero-order chi connectivity index (χ0) is 16.0. The van der Waals surface area contributed by atoms with E-state index in [4.69, 9.17) is 4.74 Å². The molecule has 1 rings (SSSR count). The van der Waals surface area contributed by atoms with Crippen molar-refractivity contribution in [1.29, 1.82) is 0 Å². The van der Waals surface area contributed by atoms with Crippen LogP contribution in [0.4, 0.5) is 0 Å². The van der Waals surface area contributed by atoms with E-state index in [1.165, 1.54) is 13.5 Å². The van der Waals surface area contributed by atoms with Gasteiger partial charge in [0.15, 0.2) is 0 Å². The number of nitrogens with one attached hydrogen (secondary N) is 1. The Kier molecular flexibility index (Phi) is 7.14. The van der Waals surface area contributed by atoms with E-state index in [9.17, 15) is 4.79 Å². The van der Waals surface area contributed by atoms with Gasteiger partial charge in [-0.2, -0.15) is 0 Å². The van der Waals surface area contributed by atoms with E-state index in [0.29, 0.717) is 6.04 Å². The Labute approximate surface area is 130 Å². The normalized spacial score (nSPS) is 27.9. The first-order valence-corrected chi connectivity index (χ1v) is 8.39. The molecule has 4 unspecified atom stereocenters. The fourth-order valence-corrected chi connectivity index (χ4v) is 3.64. The number of hydrogen-bond donors (Lipinski definition) is 1. The lowest BCUT2D eigenvalue weighted by Gasteiger charge is -2.41. The smallest absolute Gasteiger partial charge is 0.325 e. The molecule has 1 aliphatic rings. The number of nitrogens with zero attached hydrogens (tertiary/aromatic N) is 1. The van der Waals surface area contributed by atoms with Gasteiger partial charge in [-0.3, -0.25) is 4.79 Å². The Morgan fingerprint density at radius 3 is 2.43 bits per heavy atom. The fourth-order valence-electron chi connectivity index (χ4n) is 3.64. The van der Waals surface area contributed by atoms with Crippen LogP contribution in [0.5, 0.6) is 0 Å². The van der Waals surface area contributed by atoms with Crippen molar-refractivity contribution in [3.8, 4) is 0 Å². The van der Waals surface area contributed by atoms with E-state index in [0.717, 1.165) is 44.3 Å². The molecule has 0 saturated carbocycles. The number of ether oxygens (including phenoxy) is 1. The molecule has 0 aromatic heterocycles. The van der Waals surface area contributed by atoms with Crippen LogP contribution in [0.25, 0.3) is 0 Å². The third-order valence-corrected chi connectivity index (χ3v) is 4.63. The highest BCUT2D eigenvalue weighted by Gasteiger charge is 2.37. The third kappa shape index (κ3) is 5.26. The maximum atomic E-state index is 12.2. The summed E-state index contributed by atoms with van der Waals surface area (Å²) in [4.78, 5) is 14.7. The van der Waals surface area contributed by atoms with E-state index in [1.54, 1.807) is 0 Å². The monoisotopic (exact) mass is 298 g/mol. The van der Waals surface area contributed by atoms with Gasteiger partial charge in [-0.05, 0) is 51.5 Å². The van der Waals surface area contributed by atoms with Crippen molar-refractivity contribution in [2.24, 2.45) is 11.8 Å². The van der Waals surface area contributed by atoms with Gasteiger partial charge < -0.3 is 15.0 Å². The van der Waals surface area contributed by atoms with Gasteiger partial charge in [0, 0.05) is 19.1 Å². The zero-order valence-electron chi connectivity index (χ0n) is 14.7. The minimum absolute atomic E-state index is 0.152. The van der Waals surface area contributed by atoms with Gasteiger partial charge >= 0.3 is 5.97 Å².